The number of aldehydes is 1. The monoisotopic (exact) mass is 481 g/mol. The van der Waals surface area contributed by atoms with E-state index in [0.717, 1.165) is 53.0 Å². The van der Waals surface area contributed by atoms with Crippen molar-refractivity contribution < 1.29 is 14.6 Å². The van der Waals surface area contributed by atoms with Gasteiger partial charge in [-0.3, -0.25) is 4.79 Å². The highest BCUT2D eigenvalue weighted by Crippen LogP contribution is 2.32. The van der Waals surface area contributed by atoms with Crippen LogP contribution in [-0.2, 0) is 4.74 Å². The van der Waals surface area contributed by atoms with Gasteiger partial charge in [0.1, 0.15) is 0 Å². The molecule has 6 heteroatoms. The summed E-state index contributed by atoms with van der Waals surface area (Å²) >= 11 is 0. The third-order valence-corrected chi connectivity index (χ3v) is 6.54. The van der Waals surface area contributed by atoms with E-state index < -0.39 is 0 Å². The standard InChI is InChI=1S/C30H31N3O3/c1-22(30-25(21-35)4-3-5-29(30)24-8-6-23(18-31)7-9-24)19-32(2)26-10-12-27(13-11-26)33-15-17-36-28(20-33)14-16-34/h3-13,19,21,28,34H,14-17,20H2,1-2H3/b22-19-. The van der Waals surface area contributed by atoms with Gasteiger partial charge in [0.05, 0.1) is 24.3 Å². The molecule has 0 bridgehead atoms. The fraction of sp³-hybridized carbons (Fsp3) is 0.267. The van der Waals surface area contributed by atoms with E-state index in [-0.39, 0.29) is 12.7 Å². The number of aliphatic hydroxyl groups excluding tert-OH is 1. The second-order valence-corrected chi connectivity index (χ2v) is 8.97. The van der Waals surface area contributed by atoms with Crippen molar-refractivity contribution in [3.63, 3.8) is 0 Å². The van der Waals surface area contributed by atoms with E-state index >= 15 is 0 Å². The van der Waals surface area contributed by atoms with E-state index in [1.54, 1.807) is 12.1 Å². The van der Waals surface area contributed by atoms with Crippen LogP contribution >= 0.6 is 0 Å². The van der Waals surface area contributed by atoms with E-state index in [1.807, 2.05) is 50.5 Å². The molecule has 184 valence electrons. The highest BCUT2D eigenvalue weighted by atomic mass is 16.5. The molecule has 1 heterocycles. The Hall–Kier alpha value is -3.92. The highest BCUT2D eigenvalue weighted by molar-refractivity contribution is 5.93. The number of morpholine rings is 1. The molecular formula is C30H31N3O3. The Bertz CT molecular complexity index is 1260. The Morgan fingerprint density at radius 1 is 1.17 bits per heavy atom. The van der Waals surface area contributed by atoms with Crippen molar-refractivity contribution in [3.05, 3.63) is 89.6 Å². The van der Waals surface area contributed by atoms with Crippen LogP contribution in [0.1, 0.15) is 34.8 Å². The zero-order valence-electron chi connectivity index (χ0n) is 20.7. The van der Waals surface area contributed by atoms with Crippen LogP contribution < -0.4 is 9.80 Å². The fourth-order valence-electron chi connectivity index (χ4n) is 4.67. The molecule has 6 nitrogen and oxygen atoms in total. The summed E-state index contributed by atoms with van der Waals surface area (Å²) in [7, 11) is 2.00. The number of allylic oxidation sites excluding steroid dienone is 1. The molecule has 1 atom stereocenters. The lowest BCUT2D eigenvalue weighted by atomic mass is 9.91. The number of hydrogen-bond acceptors (Lipinski definition) is 6. The minimum absolute atomic E-state index is 0.0554. The molecule has 0 radical (unpaired) electrons. The van der Waals surface area contributed by atoms with Gasteiger partial charge in [0.25, 0.3) is 0 Å². The van der Waals surface area contributed by atoms with Gasteiger partial charge in [0, 0.05) is 49.9 Å². The van der Waals surface area contributed by atoms with Crippen molar-refractivity contribution in [2.45, 2.75) is 19.4 Å². The van der Waals surface area contributed by atoms with Crippen LogP contribution in [0.2, 0.25) is 0 Å². The number of carbonyl (C=O) groups is 1. The summed E-state index contributed by atoms with van der Waals surface area (Å²) in [5.41, 5.74) is 7.13. The molecule has 4 rings (SSSR count). The third-order valence-electron chi connectivity index (χ3n) is 6.54. The van der Waals surface area contributed by atoms with Gasteiger partial charge in [-0.2, -0.15) is 5.26 Å². The molecule has 0 amide bonds. The number of anilines is 2. The molecule has 1 aliphatic heterocycles. The van der Waals surface area contributed by atoms with Crippen LogP contribution in [0.4, 0.5) is 11.4 Å². The maximum absolute atomic E-state index is 11.9. The van der Waals surface area contributed by atoms with Gasteiger partial charge in [0.2, 0.25) is 0 Å². The van der Waals surface area contributed by atoms with Gasteiger partial charge >= 0.3 is 0 Å². The molecule has 36 heavy (non-hydrogen) atoms. The number of ether oxygens (including phenoxy) is 1. The fourth-order valence-corrected chi connectivity index (χ4v) is 4.67. The third kappa shape index (κ3) is 5.65. The van der Waals surface area contributed by atoms with Crippen LogP contribution in [0.25, 0.3) is 16.7 Å². The summed E-state index contributed by atoms with van der Waals surface area (Å²) in [4.78, 5) is 16.3. The lowest BCUT2D eigenvalue weighted by Gasteiger charge is -2.34. The number of benzene rings is 3. The summed E-state index contributed by atoms with van der Waals surface area (Å²) in [5, 5.41) is 18.4. The molecule has 1 fully saturated rings. The first kappa shape index (κ1) is 25.2. The summed E-state index contributed by atoms with van der Waals surface area (Å²) < 4.78 is 5.73. The minimum Gasteiger partial charge on any atom is -0.396 e. The Labute approximate surface area is 212 Å². The highest BCUT2D eigenvalue weighted by Gasteiger charge is 2.20. The second-order valence-electron chi connectivity index (χ2n) is 8.97. The van der Waals surface area contributed by atoms with Gasteiger partial charge in [-0.05, 0) is 72.0 Å². The van der Waals surface area contributed by atoms with Crippen LogP contribution in [0.5, 0.6) is 0 Å². The summed E-state index contributed by atoms with van der Waals surface area (Å²) in [6.45, 7) is 4.40. The van der Waals surface area contributed by atoms with Crippen molar-refractivity contribution in [1.29, 1.82) is 5.26 Å². The van der Waals surface area contributed by atoms with E-state index in [9.17, 15) is 9.90 Å². The average molecular weight is 482 g/mol. The Morgan fingerprint density at radius 2 is 1.92 bits per heavy atom. The molecule has 1 saturated heterocycles. The van der Waals surface area contributed by atoms with Gasteiger partial charge in [-0.15, -0.1) is 0 Å². The molecule has 0 spiro atoms. The van der Waals surface area contributed by atoms with E-state index in [4.69, 9.17) is 10.00 Å². The maximum Gasteiger partial charge on any atom is 0.150 e. The SMILES string of the molecule is C/C(=C/N(C)c1ccc(N2CCOC(CCO)C2)cc1)c1c(C=O)cccc1-c1ccc(C#N)cc1. The quantitative estimate of drug-likeness (QED) is 0.450. The Morgan fingerprint density at radius 3 is 2.58 bits per heavy atom. The first-order chi connectivity index (χ1) is 17.5. The van der Waals surface area contributed by atoms with Gasteiger partial charge < -0.3 is 19.6 Å². The molecule has 0 aliphatic carbocycles. The van der Waals surface area contributed by atoms with Crippen LogP contribution in [-0.4, -0.2) is 50.8 Å². The number of hydrogen-bond donors (Lipinski definition) is 1. The molecule has 1 unspecified atom stereocenters. The molecule has 3 aromatic carbocycles. The molecule has 1 N–H and O–H groups in total. The largest absolute Gasteiger partial charge is 0.396 e. The van der Waals surface area contributed by atoms with Crippen LogP contribution in [0, 0.1) is 11.3 Å². The lowest BCUT2D eigenvalue weighted by Crippen LogP contribution is -2.42. The van der Waals surface area contributed by atoms with Crippen molar-refractivity contribution in [1.82, 2.24) is 0 Å². The first-order valence-corrected chi connectivity index (χ1v) is 12.1. The van der Waals surface area contributed by atoms with E-state index in [2.05, 4.69) is 40.1 Å². The number of carbonyl (C=O) groups excluding carboxylic acids is 1. The minimum atomic E-state index is 0.0554. The van der Waals surface area contributed by atoms with Gasteiger partial charge in [0.15, 0.2) is 6.29 Å². The number of aliphatic hydroxyl groups is 1. The predicted octanol–water partition coefficient (Wildman–Crippen LogP) is 5.12. The average Bonchev–Trinajstić information content (AvgIpc) is 2.93. The zero-order valence-corrected chi connectivity index (χ0v) is 20.7. The van der Waals surface area contributed by atoms with E-state index in [1.165, 1.54) is 0 Å². The van der Waals surface area contributed by atoms with Crippen LogP contribution in [0.15, 0.2) is 72.9 Å². The van der Waals surface area contributed by atoms with Gasteiger partial charge in [-0.25, -0.2) is 0 Å². The Balaban J connectivity index is 1.58. The van der Waals surface area contributed by atoms with E-state index in [0.29, 0.717) is 24.2 Å². The number of nitrogens with zero attached hydrogens (tertiary/aromatic N) is 3. The molecule has 3 aromatic rings. The molecule has 0 aromatic heterocycles. The molecule has 0 saturated carbocycles. The maximum atomic E-state index is 11.9. The van der Waals surface area contributed by atoms with Crippen molar-refractivity contribution >= 4 is 23.2 Å². The lowest BCUT2D eigenvalue weighted by molar-refractivity contribution is 0.0247. The summed E-state index contributed by atoms with van der Waals surface area (Å²) in [6, 6.07) is 23.7. The topological polar surface area (TPSA) is 76.8 Å². The summed E-state index contributed by atoms with van der Waals surface area (Å²) in [6.07, 6.45) is 3.63. The normalized spacial score (nSPS) is 15.9. The second kappa shape index (κ2) is 11.7. The smallest absolute Gasteiger partial charge is 0.150 e. The Kier molecular flexibility index (Phi) is 8.17. The van der Waals surface area contributed by atoms with Crippen molar-refractivity contribution in [3.8, 4) is 17.2 Å². The first-order valence-electron chi connectivity index (χ1n) is 12.1. The predicted molar refractivity (Wildman–Crippen MR) is 144 cm³/mol. The van der Waals surface area contributed by atoms with Crippen LogP contribution in [0.3, 0.4) is 0 Å². The summed E-state index contributed by atoms with van der Waals surface area (Å²) in [5.74, 6) is 0. The number of rotatable bonds is 8. The van der Waals surface area contributed by atoms with Crippen molar-refractivity contribution in [2.24, 2.45) is 0 Å². The van der Waals surface area contributed by atoms with Gasteiger partial charge in [-0.1, -0.05) is 30.3 Å². The number of nitriles is 1. The molecule has 1 aliphatic rings. The molecular weight excluding hydrogens is 450 g/mol. The zero-order chi connectivity index (χ0) is 25.5. The van der Waals surface area contributed by atoms with Crippen molar-refractivity contribution in [2.75, 3.05) is 43.2 Å².